The molecule has 210 valence electrons. The molecule has 5 rings (SSSR count). The zero-order valence-electron chi connectivity index (χ0n) is 22.5. The molecule has 10 heteroatoms. The number of aromatic nitrogens is 1. The number of thiazole rings is 1. The fourth-order valence-corrected chi connectivity index (χ4v) is 5.80. The number of rotatable bonds is 8. The Morgan fingerprint density at radius 3 is 2.59 bits per heavy atom. The molecular formula is C31H26ClFN2O5S. The van der Waals surface area contributed by atoms with Gasteiger partial charge in [-0.1, -0.05) is 59.3 Å². The summed E-state index contributed by atoms with van der Waals surface area (Å²) < 4.78 is 32.4. The Balaban J connectivity index is 1.54. The van der Waals surface area contributed by atoms with Gasteiger partial charge in [0.05, 0.1) is 35.6 Å². The van der Waals surface area contributed by atoms with Gasteiger partial charge in [0, 0.05) is 10.6 Å². The molecule has 1 aliphatic rings. The summed E-state index contributed by atoms with van der Waals surface area (Å²) in [7, 11) is 1.54. The quantitative estimate of drug-likeness (QED) is 0.264. The van der Waals surface area contributed by atoms with Crippen molar-refractivity contribution < 1.29 is 23.4 Å². The molecule has 0 bridgehead atoms. The topological polar surface area (TPSA) is 79.1 Å². The highest BCUT2D eigenvalue weighted by atomic mass is 35.5. The summed E-state index contributed by atoms with van der Waals surface area (Å²) in [6.07, 6.45) is 1.73. The van der Waals surface area contributed by atoms with Crippen molar-refractivity contribution in [1.82, 2.24) is 4.57 Å². The van der Waals surface area contributed by atoms with Gasteiger partial charge in [0.15, 0.2) is 16.3 Å². The van der Waals surface area contributed by atoms with Crippen LogP contribution in [-0.4, -0.2) is 24.3 Å². The maximum Gasteiger partial charge on any atom is 0.338 e. The van der Waals surface area contributed by atoms with Gasteiger partial charge >= 0.3 is 5.97 Å². The summed E-state index contributed by atoms with van der Waals surface area (Å²) in [5.41, 5.74) is 2.45. The second kappa shape index (κ2) is 12.1. The first-order chi connectivity index (χ1) is 19.8. The number of esters is 1. The van der Waals surface area contributed by atoms with Crippen LogP contribution < -0.4 is 24.4 Å². The van der Waals surface area contributed by atoms with E-state index < -0.39 is 17.8 Å². The summed E-state index contributed by atoms with van der Waals surface area (Å²) in [6, 6.07) is 17.7. The molecule has 0 N–H and O–H groups in total. The van der Waals surface area contributed by atoms with Crippen LogP contribution in [0, 0.1) is 5.82 Å². The van der Waals surface area contributed by atoms with E-state index in [2.05, 4.69) is 4.99 Å². The fraction of sp³-hybridized carbons (Fsp3) is 0.194. The fourth-order valence-electron chi connectivity index (χ4n) is 4.57. The van der Waals surface area contributed by atoms with Crippen LogP contribution in [0.4, 0.5) is 4.39 Å². The van der Waals surface area contributed by atoms with Crippen LogP contribution in [-0.2, 0) is 16.1 Å². The Bertz CT molecular complexity index is 1830. The second-order valence-corrected chi connectivity index (χ2v) is 10.6. The maximum absolute atomic E-state index is 13.8. The molecule has 0 spiro atoms. The summed E-state index contributed by atoms with van der Waals surface area (Å²) in [4.78, 5) is 31.7. The van der Waals surface area contributed by atoms with Gasteiger partial charge in [-0.15, -0.1) is 0 Å². The first-order valence-electron chi connectivity index (χ1n) is 12.8. The van der Waals surface area contributed by atoms with Crippen LogP contribution >= 0.6 is 22.9 Å². The van der Waals surface area contributed by atoms with E-state index >= 15 is 0 Å². The molecule has 0 unspecified atom stereocenters. The summed E-state index contributed by atoms with van der Waals surface area (Å²) in [5.74, 6) is 0.0162. The lowest BCUT2D eigenvalue weighted by molar-refractivity contribution is -0.139. The third kappa shape index (κ3) is 5.82. The first-order valence-corrected chi connectivity index (χ1v) is 14.0. The number of benzene rings is 3. The number of ether oxygens (including phenoxy) is 3. The van der Waals surface area contributed by atoms with Crippen molar-refractivity contribution in [2.45, 2.75) is 26.5 Å². The van der Waals surface area contributed by atoms with Gasteiger partial charge in [-0.3, -0.25) is 9.36 Å². The number of fused-ring (bicyclic) bond motifs is 1. The average molecular weight is 593 g/mol. The number of allylic oxidation sites excluding steroid dienone is 1. The van der Waals surface area contributed by atoms with E-state index in [1.165, 1.54) is 35.1 Å². The second-order valence-electron chi connectivity index (χ2n) is 9.14. The number of carbonyl (C=O) groups is 1. The van der Waals surface area contributed by atoms with Crippen molar-refractivity contribution in [2.24, 2.45) is 4.99 Å². The van der Waals surface area contributed by atoms with Crippen LogP contribution in [0.5, 0.6) is 11.5 Å². The van der Waals surface area contributed by atoms with Crippen molar-refractivity contribution in [3.05, 3.63) is 125 Å². The van der Waals surface area contributed by atoms with Gasteiger partial charge in [0.2, 0.25) is 0 Å². The number of methoxy groups -OCH3 is 1. The van der Waals surface area contributed by atoms with Crippen molar-refractivity contribution in [1.29, 1.82) is 0 Å². The maximum atomic E-state index is 13.8. The highest BCUT2D eigenvalue weighted by Crippen LogP contribution is 2.32. The van der Waals surface area contributed by atoms with Crippen LogP contribution in [0.25, 0.3) is 6.08 Å². The molecule has 0 saturated heterocycles. The standard InChI is InChI=1S/C31H26ClFN2O5S/c1-4-39-30(37)27-18(2)34-31-35(28(27)20-10-12-22(33)13-11-20)29(36)26(41-31)16-19-9-14-24(25(15-19)38-3)40-17-21-7-5-6-8-23(21)32/h5-16,28H,4,17H2,1-3H3/b26-16-/t28-/m1/s1. The third-order valence-corrected chi connectivity index (χ3v) is 7.88. The molecular weight excluding hydrogens is 567 g/mol. The molecule has 0 saturated carbocycles. The Morgan fingerprint density at radius 2 is 1.88 bits per heavy atom. The molecule has 3 aromatic carbocycles. The van der Waals surface area contributed by atoms with E-state index in [1.807, 2.05) is 24.3 Å². The van der Waals surface area contributed by atoms with Gasteiger partial charge in [0.1, 0.15) is 12.4 Å². The third-order valence-electron chi connectivity index (χ3n) is 6.53. The zero-order chi connectivity index (χ0) is 29.1. The number of hydrogen-bond acceptors (Lipinski definition) is 7. The van der Waals surface area contributed by atoms with Crippen LogP contribution in [0.2, 0.25) is 5.02 Å². The van der Waals surface area contributed by atoms with Gasteiger partial charge in [-0.2, -0.15) is 0 Å². The number of nitrogens with zero attached hydrogens (tertiary/aromatic N) is 2. The van der Waals surface area contributed by atoms with Gasteiger partial charge in [-0.25, -0.2) is 14.2 Å². The van der Waals surface area contributed by atoms with Crippen molar-refractivity contribution >= 4 is 35.0 Å². The van der Waals surface area contributed by atoms with E-state index in [1.54, 1.807) is 50.3 Å². The lowest BCUT2D eigenvalue weighted by Gasteiger charge is -2.24. The molecule has 0 radical (unpaired) electrons. The van der Waals surface area contributed by atoms with Gasteiger partial charge < -0.3 is 14.2 Å². The number of halogens is 2. The predicted molar refractivity (Wildman–Crippen MR) is 156 cm³/mol. The highest BCUT2D eigenvalue weighted by Gasteiger charge is 2.33. The molecule has 2 heterocycles. The predicted octanol–water partition coefficient (Wildman–Crippen LogP) is 5.18. The van der Waals surface area contributed by atoms with Crippen LogP contribution in [0.15, 0.2) is 87.8 Å². The molecule has 41 heavy (non-hydrogen) atoms. The van der Waals surface area contributed by atoms with Crippen LogP contribution in [0.3, 0.4) is 0 Å². The Labute approximate surface area is 244 Å². The summed E-state index contributed by atoms with van der Waals surface area (Å²) >= 11 is 7.44. The lowest BCUT2D eigenvalue weighted by atomic mass is 9.96. The van der Waals surface area contributed by atoms with E-state index in [0.29, 0.717) is 42.7 Å². The normalized spacial score (nSPS) is 14.9. The largest absolute Gasteiger partial charge is 0.493 e. The van der Waals surface area contributed by atoms with E-state index in [0.717, 1.165) is 5.56 Å². The van der Waals surface area contributed by atoms with Crippen molar-refractivity contribution in [3.63, 3.8) is 0 Å². The lowest BCUT2D eigenvalue weighted by Crippen LogP contribution is -2.39. The molecule has 1 atom stereocenters. The molecule has 1 aromatic heterocycles. The van der Waals surface area contributed by atoms with Crippen molar-refractivity contribution in [2.75, 3.05) is 13.7 Å². The minimum atomic E-state index is -0.817. The zero-order valence-corrected chi connectivity index (χ0v) is 24.1. The number of hydrogen-bond donors (Lipinski definition) is 0. The van der Waals surface area contributed by atoms with Gasteiger partial charge in [-0.05, 0) is 61.4 Å². The monoisotopic (exact) mass is 592 g/mol. The molecule has 4 aromatic rings. The van der Waals surface area contributed by atoms with Gasteiger partial charge in [0.25, 0.3) is 5.56 Å². The van der Waals surface area contributed by atoms with E-state index in [9.17, 15) is 14.0 Å². The minimum absolute atomic E-state index is 0.163. The average Bonchev–Trinajstić information content (AvgIpc) is 3.26. The Hall–Kier alpha value is -4.21. The smallest absolute Gasteiger partial charge is 0.338 e. The van der Waals surface area contributed by atoms with Crippen molar-refractivity contribution in [3.8, 4) is 11.5 Å². The summed E-state index contributed by atoms with van der Waals surface area (Å²) in [6.45, 7) is 3.83. The van der Waals surface area contributed by atoms with Crippen LogP contribution in [0.1, 0.15) is 36.6 Å². The van der Waals surface area contributed by atoms with E-state index in [-0.39, 0.29) is 24.3 Å². The molecule has 1 aliphatic heterocycles. The molecule has 0 fully saturated rings. The Kier molecular flexibility index (Phi) is 8.37. The minimum Gasteiger partial charge on any atom is -0.493 e. The SMILES string of the molecule is CCOC(=O)C1=C(C)N=c2s/c(=C\c3ccc(OCc4ccccc4Cl)c(OC)c3)c(=O)n2[C@@H]1c1ccc(F)cc1. The Morgan fingerprint density at radius 1 is 1.12 bits per heavy atom. The summed E-state index contributed by atoms with van der Waals surface area (Å²) in [5, 5.41) is 0.610. The molecule has 0 aliphatic carbocycles. The van der Waals surface area contributed by atoms with E-state index in [4.69, 9.17) is 25.8 Å². The highest BCUT2D eigenvalue weighted by molar-refractivity contribution is 7.07. The molecule has 0 amide bonds. The number of carbonyl (C=O) groups excluding carboxylic acids is 1. The molecule has 7 nitrogen and oxygen atoms in total. The first kappa shape index (κ1) is 28.3.